The second-order valence-electron chi connectivity index (χ2n) is 9.72. The lowest BCUT2D eigenvalue weighted by molar-refractivity contribution is 0.443. The van der Waals surface area contributed by atoms with Gasteiger partial charge >= 0.3 is 0 Å². The molecule has 0 unspecified atom stereocenters. The fourth-order valence-electron chi connectivity index (χ4n) is 4.81. The normalized spacial score (nSPS) is 14.7. The Bertz CT molecular complexity index is 1010. The van der Waals surface area contributed by atoms with Crippen LogP contribution < -0.4 is 0 Å². The van der Waals surface area contributed by atoms with Gasteiger partial charge in [-0.1, -0.05) is 112 Å². The minimum absolute atomic E-state index is 0.482. The van der Waals surface area contributed by atoms with E-state index in [2.05, 4.69) is 94.1 Å². The zero-order valence-corrected chi connectivity index (χ0v) is 19.5. The molecule has 0 heteroatoms. The predicted molar refractivity (Wildman–Crippen MR) is 136 cm³/mol. The lowest BCUT2D eigenvalue weighted by Gasteiger charge is -2.23. The molecule has 1 saturated carbocycles. The van der Waals surface area contributed by atoms with E-state index in [-0.39, 0.29) is 0 Å². The summed E-state index contributed by atoms with van der Waals surface area (Å²) >= 11 is 0. The van der Waals surface area contributed by atoms with Crippen LogP contribution in [0.4, 0.5) is 0 Å². The average Bonchev–Trinajstić information content (AvgIpc) is 2.80. The summed E-state index contributed by atoms with van der Waals surface area (Å²) in [4.78, 5) is 0. The molecule has 0 atom stereocenters. The van der Waals surface area contributed by atoms with Crippen LogP contribution in [-0.2, 0) is 6.42 Å². The van der Waals surface area contributed by atoms with E-state index in [4.69, 9.17) is 0 Å². The van der Waals surface area contributed by atoms with Gasteiger partial charge in [0.1, 0.15) is 0 Å². The number of benzene rings is 3. The molecule has 1 aliphatic carbocycles. The van der Waals surface area contributed by atoms with E-state index in [0.29, 0.717) is 5.92 Å². The monoisotopic (exact) mass is 408 g/mol. The first-order valence-electron chi connectivity index (χ1n) is 12.0. The lowest BCUT2D eigenvalue weighted by Crippen LogP contribution is -2.05. The molecule has 3 aromatic rings. The molecule has 160 valence electrons. The number of hydrogen-bond acceptors (Lipinski definition) is 0. The van der Waals surface area contributed by atoms with Gasteiger partial charge in [0, 0.05) is 0 Å². The van der Waals surface area contributed by atoms with Gasteiger partial charge in [-0.05, 0) is 77.0 Å². The highest BCUT2D eigenvalue weighted by Crippen LogP contribution is 2.36. The number of aryl methyl sites for hydroxylation is 1. The van der Waals surface area contributed by atoms with Crippen molar-refractivity contribution < 1.29 is 0 Å². The first kappa shape index (κ1) is 21.6. The van der Waals surface area contributed by atoms with Crippen LogP contribution in [0.3, 0.4) is 0 Å². The van der Waals surface area contributed by atoms with E-state index >= 15 is 0 Å². The molecule has 31 heavy (non-hydrogen) atoms. The van der Waals surface area contributed by atoms with Gasteiger partial charge in [-0.25, -0.2) is 0 Å². The maximum atomic E-state index is 4.25. The van der Waals surface area contributed by atoms with E-state index in [1.807, 2.05) is 0 Å². The van der Waals surface area contributed by atoms with Gasteiger partial charge < -0.3 is 0 Å². The maximum absolute atomic E-state index is 4.25. The van der Waals surface area contributed by atoms with E-state index in [1.54, 1.807) is 0 Å². The second-order valence-corrected chi connectivity index (χ2v) is 9.72. The lowest BCUT2D eigenvalue weighted by atomic mass is 9.82. The topological polar surface area (TPSA) is 0 Å². The Labute approximate surface area is 189 Å². The van der Waals surface area contributed by atoms with Crippen molar-refractivity contribution in [2.24, 2.45) is 5.92 Å². The van der Waals surface area contributed by atoms with Crippen LogP contribution in [0.25, 0.3) is 16.7 Å². The third-order valence-electron chi connectivity index (χ3n) is 6.91. The van der Waals surface area contributed by atoms with Crippen molar-refractivity contribution in [3.63, 3.8) is 0 Å². The van der Waals surface area contributed by atoms with Crippen molar-refractivity contribution in [2.45, 2.75) is 65.2 Å². The summed E-state index contributed by atoms with van der Waals surface area (Å²) in [7, 11) is 0. The van der Waals surface area contributed by atoms with Crippen molar-refractivity contribution in [2.75, 3.05) is 0 Å². The molecule has 0 amide bonds. The van der Waals surface area contributed by atoms with Crippen LogP contribution >= 0.6 is 0 Å². The summed E-state index contributed by atoms with van der Waals surface area (Å²) < 4.78 is 0. The van der Waals surface area contributed by atoms with Crippen LogP contribution in [-0.4, -0.2) is 0 Å². The number of rotatable bonds is 6. The van der Waals surface area contributed by atoms with Gasteiger partial charge in [0.2, 0.25) is 0 Å². The van der Waals surface area contributed by atoms with Crippen LogP contribution in [0.15, 0.2) is 73.3 Å². The molecule has 1 aliphatic rings. The molecular formula is C31H36. The zero-order chi connectivity index (χ0) is 21.8. The Kier molecular flexibility index (Phi) is 6.76. The third kappa shape index (κ3) is 5.37. The molecule has 0 heterocycles. The van der Waals surface area contributed by atoms with Gasteiger partial charge in [-0.3, -0.25) is 0 Å². The first-order chi connectivity index (χ1) is 15.0. The van der Waals surface area contributed by atoms with Crippen LogP contribution in [0.5, 0.6) is 0 Å². The smallest absolute Gasteiger partial charge is 0.00254 e. The van der Waals surface area contributed by atoms with E-state index < -0.39 is 0 Å². The third-order valence-corrected chi connectivity index (χ3v) is 6.91. The van der Waals surface area contributed by atoms with Gasteiger partial charge in [0.25, 0.3) is 0 Å². The number of allylic oxidation sites excluding steroid dienone is 1. The van der Waals surface area contributed by atoms with Crippen LogP contribution in [0.2, 0.25) is 0 Å². The Morgan fingerprint density at radius 3 is 2.13 bits per heavy atom. The first-order valence-corrected chi connectivity index (χ1v) is 12.0. The van der Waals surface area contributed by atoms with Gasteiger partial charge in [-0.15, -0.1) is 0 Å². The minimum atomic E-state index is 0.482. The van der Waals surface area contributed by atoms with Gasteiger partial charge in [0.05, 0.1) is 0 Å². The molecule has 0 spiro atoms. The Morgan fingerprint density at radius 2 is 1.48 bits per heavy atom. The standard InChI is InChI=1S/C31H36/c1-22(2)24(4)27-16-12-25(13-17-27)18-26-19-30(28-8-6-5-7-9-28)21-31(20-26)29-14-10-23(3)11-15-29/h10-17,19-22,28H,4-9,18H2,1-3H3. The molecule has 1 fully saturated rings. The fourth-order valence-corrected chi connectivity index (χ4v) is 4.81. The minimum Gasteiger partial charge on any atom is -0.0950 e. The average molecular weight is 409 g/mol. The number of hydrogen-bond donors (Lipinski definition) is 0. The Balaban J connectivity index is 1.65. The molecule has 0 radical (unpaired) electrons. The second kappa shape index (κ2) is 9.69. The van der Waals surface area contributed by atoms with Crippen molar-refractivity contribution in [3.8, 4) is 11.1 Å². The SMILES string of the molecule is C=C(c1ccc(Cc2cc(-c3ccc(C)cc3)cc(C3CCCCC3)c2)cc1)C(C)C. The predicted octanol–water partition coefficient (Wildman–Crippen LogP) is 8.97. The fraction of sp³-hybridized carbons (Fsp3) is 0.355. The summed E-state index contributed by atoms with van der Waals surface area (Å²) in [5.74, 6) is 1.20. The molecule has 0 aromatic heterocycles. The Hall–Kier alpha value is -2.60. The molecule has 0 saturated heterocycles. The van der Waals surface area contributed by atoms with Crippen LogP contribution in [0.1, 0.15) is 79.7 Å². The summed E-state index contributed by atoms with van der Waals surface area (Å²) in [6.45, 7) is 10.8. The summed E-state index contributed by atoms with van der Waals surface area (Å²) in [6, 6.07) is 25.4. The van der Waals surface area contributed by atoms with Crippen molar-refractivity contribution in [1.29, 1.82) is 0 Å². The van der Waals surface area contributed by atoms with Crippen molar-refractivity contribution >= 4 is 5.57 Å². The molecule has 0 nitrogen and oxygen atoms in total. The maximum Gasteiger partial charge on any atom is -0.00254 e. The zero-order valence-electron chi connectivity index (χ0n) is 19.5. The van der Waals surface area contributed by atoms with E-state index in [1.165, 1.54) is 76.6 Å². The summed E-state index contributed by atoms with van der Waals surface area (Å²) in [5, 5.41) is 0. The molecule has 3 aromatic carbocycles. The largest absolute Gasteiger partial charge is 0.0950 e. The van der Waals surface area contributed by atoms with Crippen molar-refractivity contribution in [1.82, 2.24) is 0 Å². The van der Waals surface area contributed by atoms with Gasteiger partial charge in [0.15, 0.2) is 0 Å². The Morgan fingerprint density at radius 1 is 0.806 bits per heavy atom. The molecule has 0 N–H and O–H groups in total. The summed E-state index contributed by atoms with van der Waals surface area (Å²) in [5.41, 5.74) is 10.8. The quantitative estimate of drug-likeness (QED) is 0.382. The molecule has 0 aliphatic heterocycles. The van der Waals surface area contributed by atoms with E-state index in [9.17, 15) is 0 Å². The van der Waals surface area contributed by atoms with Gasteiger partial charge in [-0.2, -0.15) is 0 Å². The van der Waals surface area contributed by atoms with Crippen molar-refractivity contribution in [3.05, 3.63) is 101 Å². The molecular weight excluding hydrogens is 372 g/mol. The highest BCUT2D eigenvalue weighted by molar-refractivity contribution is 5.67. The van der Waals surface area contributed by atoms with E-state index in [0.717, 1.165) is 12.3 Å². The highest BCUT2D eigenvalue weighted by atomic mass is 14.2. The summed E-state index contributed by atoms with van der Waals surface area (Å²) in [6.07, 6.45) is 7.79. The molecule has 0 bridgehead atoms. The van der Waals surface area contributed by atoms with Crippen LogP contribution in [0, 0.1) is 12.8 Å². The molecule has 4 rings (SSSR count). The highest BCUT2D eigenvalue weighted by Gasteiger charge is 2.17.